The van der Waals surface area contributed by atoms with Gasteiger partial charge >= 0.3 is 5.97 Å². The van der Waals surface area contributed by atoms with Crippen LogP contribution in [0.25, 0.3) is 0 Å². The maximum atomic E-state index is 12.8. The number of carbonyl (C=O) groups is 1. The standard InChI is InChI=1S/C21H30N2O4.2ClH/c24-21(27-18-17-26-16-13-22-11-14-25-15-12-22)20(19-7-3-1-4-8-19)23-9-5-2-6-10-23;;/h1-5,7-8,20H,6,9-18H2;2*1H. The summed E-state index contributed by atoms with van der Waals surface area (Å²) in [4.78, 5) is 17.2. The second-order valence-electron chi connectivity index (χ2n) is 6.80. The van der Waals surface area contributed by atoms with Crippen molar-refractivity contribution in [3.05, 3.63) is 48.0 Å². The van der Waals surface area contributed by atoms with E-state index in [2.05, 4.69) is 22.0 Å². The molecular weight excluding hydrogens is 415 g/mol. The summed E-state index contributed by atoms with van der Waals surface area (Å²) >= 11 is 0. The Hall–Kier alpha value is -1.15. The summed E-state index contributed by atoms with van der Waals surface area (Å²) in [6.45, 7) is 7.40. The number of ether oxygens (including phenoxy) is 3. The maximum absolute atomic E-state index is 12.8. The number of benzene rings is 1. The Bertz CT molecular complexity index is 598. The molecule has 0 N–H and O–H groups in total. The molecule has 164 valence electrons. The Morgan fingerprint density at radius 1 is 1.00 bits per heavy atom. The molecule has 0 aliphatic carbocycles. The highest BCUT2D eigenvalue weighted by Crippen LogP contribution is 2.24. The zero-order chi connectivity index (χ0) is 18.7. The molecule has 1 atom stereocenters. The minimum Gasteiger partial charge on any atom is -0.462 e. The zero-order valence-electron chi connectivity index (χ0n) is 16.7. The van der Waals surface area contributed by atoms with Crippen molar-refractivity contribution in [3.8, 4) is 0 Å². The van der Waals surface area contributed by atoms with Crippen LogP contribution in [0.4, 0.5) is 0 Å². The number of hydrogen-bond acceptors (Lipinski definition) is 6. The van der Waals surface area contributed by atoms with Crippen LogP contribution in [0.15, 0.2) is 42.5 Å². The Kier molecular flexibility index (Phi) is 13.2. The molecule has 6 nitrogen and oxygen atoms in total. The first-order valence-electron chi connectivity index (χ1n) is 9.83. The Morgan fingerprint density at radius 3 is 2.45 bits per heavy atom. The second kappa shape index (κ2) is 14.8. The monoisotopic (exact) mass is 446 g/mol. The summed E-state index contributed by atoms with van der Waals surface area (Å²) < 4.78 is 16.5. The molecule has 3 rings (SSSR count). The van der Waals surface area contributed by atoms with Crippen molar-refractivity contribution in [1.82, 2.24) is 9.80 Å². The molecule has 2 aliphatic heterocycles. The Morgan fingerprint density at radius 2 is 1.76 bits per heavy atom. The smallest absolute Gasteiger partial charge is 0.328 e. The third kappa shape index (κ3) is 8.62. The fraction of sp³-hybridized carbons (Fsp3) is 0.571. The number of morpholine rings is 1. The van der Waals surface area contributed by atoms with Crippen LogP contribution in [0.2, 0.25) is 0 Å². The molecule has 0 saturated carbocycles. The van der Waals surface area contributed by atoms with Crippen LogP contribution >= 0.6 is 24.8 Å². The van der Waals surface area contributed by atoms with Crippen molar-refractivity contribution in [2.24, 2.45) is 0 Å². The van der Waals surface area contributed by atoms with Gasteiger partial charge in [-0.2, -0.15) is 0 Å². The summed E-state index contributed by atoms with van der Waals surface area (Å²) in [6, 6.07) is 9.51. The molecule has 2 aliphatic rings. The lowest BCUT2D eigenvalue weighted by atomic mass is 10.0. The molecule has 1 aromatic rings. The Balaban J connectivity index is 0.00000210. The third-order valence-corrected chi connectivity index (χ3v) is 4.92. The average molecular weight is 447 g/mol. The van der Waals surface area contributed by atoms with Crippen LogP contribution in [0, 0.1) is 0 Å². The number of hydrogen-bond donors (Lipinski definition) is 0. The van der Waals surface area contributed by atoms with Crippen molar-refractivity contribution < 1.29 is 19.0 Å². The first-order chi connectivity index (χ1) is 13.3. The molecule has 1 aromatic carbocycles. The minimum absolute atomic E-state index is 0. The number of nitrogens with zero attached hydrogens (tertiary/aromatic N) is 2. The van der Waals surface area contributed by atoms with Crippen molar-refractivity contribution in [3.63, 3.8) is 0 Å². The van der Waals surface area contributed by atoms with Crippen LogP contribution in [0.1, 0.15) is 18.0 Å². The van der Waals surface area contributed by atoms with Gasteiger partial charge in [-0.3, -0.25) is 9.80 Å². The first kappa shape index (κ1) is 25.9. The van der Waals surface area contributed by atoms with Gasteiger partial charge in [-0.15, -0.1) is 24.8 Å². The molecule has 0 aromatic heterocycles. The molecule has 0 spiro atoms. The lowest BCUT2D eigenvalue weighted by Gasteiger charge is -2.31. The second-order valence-corrected chi connectivity index (χ2v) is 6.80. The van der Waals surface area contributed by atoms with E-state index in [-0.39, 0.29) is 43.4 Å². The maximum Gasteiger partial charge on any atom is 0.328 e. The predicted molar refractivity (Wildman–Crippen MR) is 118 cm³/mol. The van der Waals surface area contributed by atoms with Gasteiger partial charge in [0.2, 0.25) is 0 Å². The van der Waals surface area contributed by atoms with E-state index in [1.54, 1.807) is 0 Å². The number of esters is 1. The predicted octanol–water partition coefficient (Wildman–Crippen LogP) is 2.73. The van der Waals surface area contributed by atoms with Crippen LogP contribution in [-0.2, 0) is 19.0 Å². The topological polar surface area (TPSA) is 51.2 Å². The summed E-state index contributed by atoms with van der Waals surface area (Å²) in [7, 11) is 0. The van der Waals surface area contributed by atoms with E-state index in [4.69, 9.17) is 14.2 Å². The number of rotatable bonds is 9. The van der Waals surface area contributed by atoms with Crippen molar-refractivity contribution in [2.75, 3.05) is 65.8 Å². The molecule has 0 radical (unpaired) electrons. The quantitative estimate of drug-likeness (QED) is 0.330. The highest BCUT2D eigenvalue weighted by Gasteiger charge is 2.28. The van der Waals surface area contributed by atoms with Crippen LogP contribution < -0.4 is 0 Å². The molecule has 8 heteroatoms. The van der Waals surface area contributed by atoms with Crippen LogP contribution in [0.5, 0.6) is 0 Å². The fourth-order valence-corrected chi connectivity index (χ4v) is 3.43. The molecule has 0 bridgehead atoms. The van der Waals surface area contributed by atoms with Gasteiger partial charge in [-0.05, 0) is 12.0 Å². The third-order valence-electron chi connectivity index (χ3n) is 4.92. The molecule has 1 unspecified atom stereocenters. The molecule has 1 fully saturated rings. The van der Waals surface area contributed by atoms with Gasteiger partial charge in [-0.1, -0.05) is 42.5 Å². The zero-order valence-corrected chi connectivity index (χ0v) is 18.4. The van der Waals surface area contributed by atoms with E-state index < -0.39 is 0 Å². The van der Waals surface area contributed by atoms with Gasteiger partial charge in [0.25, 0.3) is 0 Å². The number of carbonyl (C=O) groups excluding carboxylic acids is 1. The first-order valence-corrected chi connectivity index (χ1v) is 9.83. The van der Waals surface area contributed by atoms with E-state index in [0.717, 1.165) is 57.9 Å². The van der Waals surface area contributed by atoms with Gasteiger partial charge in [0.15, 0.2) is 0 Å². The summed E-state index contributed by atoms with van der Waals surface area (Å²) in [5.41, 5.74) is 0.978. The highest BCUT2D eigenvalue weighted by atomic mass is 35.5. The van der Waals surface area contributed by atoms with Crippen LogP contribution in [-0.4, -0.2) is 81.5 Å². The van der Waals surface area contributed by atoms with Crippen molar-refractivity contribution >= 4 is 30.8 Å². The Labute approximate surface area is 186 Å². The molecular formula is C21H32Cl2N2O4. The lowest BCUT2D eigenvalue weighted by Crippen LogP contribution is -2.38. The molecule has 0 amide bonds. The van der Waals surface area contributed by atoms with Gasteiger partial charge in [0.1, 0.15) is 12.6 Å². The summed E-state index contributed by atoms with van der Waals surface area (Å²) in [5.74, 6) is -0.201. The van der Waals surface area contributed by atoms with Crippen molar-refractivity contribution in [2.45, 2.75) is 12.5 Å². The molecule has 2 heterocycles. The lowest BCUT2D eigenvalue weighted by molar-refractivity contribution is -0.152. The van der Waals surface area contributed by atoms with Gasteiger partial charge < -0.3 is 14.2 Å². The summed E-state index contributed by atoms with van der Waals surface area (Å²) in [6.07, 6.45) is 5.23. The average Bonchev–Trinajstić information content (AvgIpc) is 2.73. The van der Waals surface area contributed by atoms with Crippen molar-refractivity contribution in [1.29, 1.82) is 0 Å². The normalized spacial score (nSPS) is 18.3. The van der Waals surface area contributed by atoms with E-state index in [9.17, 15) is 4.79 Å². The van der Waals surface area contributed by atoms with Crippen LogP contribution in [0.3, 0.4) is 0 Å². The minimum atomic E-state index is -0.357. The van der Waals surface area contributed by atoms with E-state index >= 15 is 0 Å². The molecule has 29 heavy (non-hydrogen) atoms. The van der Waals surface area contributed by atoms with Gasteiger partial charge in [0.05, 0.1) is 26.4 Å². The largest absolute Gasteiger partial charge is 0.462 e. The molecule has 1 saturated heterocycles. The summed E-state index contributed by atoms with van der Waals surface area (Å²) in [5, 5.41) is 0. The fourth-order valence-electron chi connectivity index (χ4n) is 3.43. The van der Waals surface area contributed by atoms with Gasteiger partial charge in [0, 0.05) is 32.7 Å². The van der Waals surface area contributed by atoms with E-state index in [1.807, 2.05) is 30.3 Å². The SMILES string of the molecule is Cl.Cl.O=C(OCCOCCN1CCOCC1)C(c1ccccc1)N1CC=CCC1. The van der Waals surface area contributed by atoms with E-state index in [1.165, 1.54) is 0 Å². The highest BCUT2D eigenvalue weighted by molar-refractivity contribution is 5.85. The van der Waals surface area contributed by atoms with Gasteiger partial charge in [-0.25, -0.2) is 4.79 Å². The van der Waals surface area contributed by atoms with E-state index in [0.29, 0.717) is 13.2 Å². The number of halogens is 2.